The number of ether oxygens (including phenoxy) is 1. The molecule has 0 aliphatic carbocycles. The maximum atomic E-state index is 13.2. The summed E-state index contributed by atoms with van der Waals surface area (Å²) in [7, 11) is 0. The van der Waals surface area contributed by atoms with Gasteiger partial charge in [0.15, 0.2) is 17.7 Å². The third-order valence-electron chi connectivity index (χ3n) is 3.48. The van der Waals surface area contributed by atoms with E-state index in [1.807, 2.05) is 0 Å². The second-order valence-corrected chi connectivity index (χ2v) is 5.16. The van der Waals surface area contributed by atoms with Gasteiger partial charge in [-0.15, -0.1) is 0 Å². The smallest absolute Gasteiger partial charge is 0.334 e. The summed E-state index contributed by atoms with van der Waals surface area (Å²) in [5.74, 6) is -1.09. The van der Waals surface area contributed by atoms with Gasteiger partial charge in [0, 0.05) is 18.2 Å². The number of urea groups is 1. The number of carboxylic acids is 1. The highest BCUT2D eigenvalue weighted by Gasteiger charge is 2.29. The normalized spacial score (nSPS) is 17.5. The van der Waals surface area contributed by atoms with Crippen LogP contribution in [0.4, 0.5) is 15.0 Å². The van der Waals surface area contributed by atoms with Crippen molar-refractivity contribution in [3.05, 3.63) is 36.1 Å². The van der Waals surface area contributed by atoms with Crippen molar-refractivity contribution in [1.29, 1.82) is 0 Å². The van der Waals surface area contributed by atoms with E-state index in [1.54, 1.807) is 6.07 Å². The van der Waals surface area contributed by atoms with Crippen molar-refractivity contribution in [2.45, 2.75) is 6.10 Å². The second-order valence-electron chi connectivity index (χ2n) is 5.16. The van der Waals surface area contributed by atoms with E-state index in [0.717, 1.165) is 0 Å². The Bertz CT molecular complexity index is 763. The molecule has 1 unspecified atom stereocenters. The molecule has 0 spiro atoms. The lowest BCUT2D eigenvalue weighted by molar-refractivity contribution is -0.154. The Morgan fingerprint density at radius 1 is 1.38 bits per heavy atom. The lowest BCUT2D eigenvalue weighted by Gasteiger charge is -2.30. The van der Waals surface area contributed by atoms with E-state index in [4.69, 9.17) is 14.4 Å². The van der Waals surface area contributed by atoms with Gasteiger partial charge in [-0.1, -0.05) is 17.3 Å². The van der Waals surface area contributed by atoms with Crippen molar-refractivity contribution < 1.29 is 28.3 Å². The van der Waals surface area contributed by atoms with Crippen molar-refractivity contribution in [2.24, 2.45) is 0 Å². The molecule has 0 bridgehead atoms. The van der Waals surface area contributed by atoms with Gasteiger partial charge in [-0.2, -0.15) is 0 Å². The number of rotatable bonds is 3. The first-order valence-electron chi connectivity index (χ1n) is 7.16. The van der Waals surface area contributed by atoms with Gasteiger partial charge in [-0.3, -0.25) is 5.32 Å². The molecule has 1 aliphatic heterocycles. The van der Waals surface area contributed by atoms with Crippen molar-refractivity contribution in [1.82, 2.24) is 10.1 Å². The minimum atomic E-state index is -1.12. The lowest BCUT2D eigenvalue weighted by Crippen LogP contribution is -2.49. The van der Waals surface area contributed by atoms with Gasteiger partial charge in [0.1, 0.15) is 5.82 Å². The number of amides is 2. The van der Waals surface area contributed by atoms with Crippen LogP contribution >= 0.6 is 0 Å². The van der Waals surface area contributed by atoms with Gasteiger partial charge in [0.2, 0.25) is 0 Å². The van der Waals surface area contributed by atoms with Crippen LogP contribution in [0.15, 0.2) is 34.9 Å². The molecule has 2 heterocycles. The minimum absolute atomic E-state index is 0.0598. The summed E-state index contributed by atoms with van der Waals surface area (Å²) < 4.78 is 23.4. The quantitative estimate of drug-likeness (QED) is 0.886. The van der Waals surface area contributed by atoms with Gasteiger partial charge < -0.3 is 19.3 Å². The topological polar surface area (TPSA) is 105 Å². The lowest BCUT2D eigenvalue weighted by atomic mass is 10.2. The van der Waals surface area contributed by atoms with Gasteiger partial charge >= 0.3 is 12.0 Å². The van der Waals surface area contributed by atoms with Crippen LogP contribution in [0.1, 0.15) is 0 Å². The maximum Gasteiger partial charge on any atom is 0.334 e. The van der Waals surface area contributed by atoms with Crippen LogP contribution in [-0.4, -0.2) is 53.0 Å². The average Bonchev–Trinajstić information content (AvgIpc) is 3.03. The van der Waals surface area contributed by atoms with E-state index in [1.165, 1.54) is 29.2 Å². The number of anilines is 1. The van der Waals surface area contributed by atoms with Gasteiger partial charge in [0.05, 0.1) is 13.2 Å². The number of morpholine rings is 1. The summed E-state index contributed by atoms with van der Waals surface area (Å²) in [4.78, 5) is 24.4. The first-order chi connectivity index (χ1) is 11.5. The highest BCUT2D eigenvalue weighted by Crippen LogP contribution is 2.23. The van der Waals surface area contributed by atoms with E-state index in [2.05, 4.69) is 10.5 Å². The summed E-state index contributed by atoms with van der Waals surface area (Å²) in [6.07, 6.45) is -1.05. The monoisotopic (exact) mass is 335 g/mol. The van der Waals surface area contributed by atoms with Crippen LogP contribution < -0.4 is 5.32 Å². The summed E-state index contributed by atoms with van der Waals surface area (Å²) in [5.41, 5.74) is 0.486. The Hall–Kier alpha value is -2.94. The number of nitrogens with zero attached hydrogens (tertiary/aromatic N) is 2. The molecule has 126 valence electrons. The van der Waals surface area contributed by atoms with Gasteiger partial charge in [-0.25, -0.2) is 14.0 Å². The molecule has 1 aromatic carbocycles. The summed E-state index contributed by atoms with van der Waals surface area (Å²) in [5, 5.41) is 15.2. The first-order valence-corrected chi connectivity index (χ1v) is 7.16. The number of benzene rings is 1. The summed E-state index contributed by atoms with van der Waals surface area (Å²) >= 11 is 0. The molecule has 8 nitrogen and oxygen atoms in total. The largest absolute Gasteiger partial charge is 0.479 e. The molecule has 1 aliphatic rings. The fourth-order valence-electron chi connectivity index (χ4n) is 2.28. The molecule has 1 aromatic heterocycles. The fourth-order valence-corrected chi connectivity index (χ4v) is 2.28. The van der Waals surface area contributed by atoms with Crippen molar-refractivity contribution in [3.8, 4) is 11.3 Å². The number of hydrogen-bond acceptors (Lipinski definition) is 5. The van der Waals surface area contributed by atoms with Crippen molar-refractivity contribution in [3.63, 3.8) is 0 Å². The molecule has 1 saturated heterocycles. The third kappa shape index (κ3) is 3.51. The number of nitrogens with one attached hydrogen (secondary N) is 1. The van der Waals surface area contributed by atoms with Crippen molar-refractivity contribution in [2.75, 3.05) is 25.0 Å². The van der Waals surface area contributed by atoms with Crippen molar-refractivity contribution >= 4 is 17.8 Å². The van der Waals surface area contributed by atoms with E-state index in [9.17, 15) is 14.0 Å². The number of halogens is 1. The van der Waals surface area contributed by atoms with E-state index >= 15 is 0 Å². The zero-order chi connectivity index (χ0) is 17.1. The number of aromatic nitrogens is 1. The van der Waals surface area contributed by atoms with Crippen LogP contribution in [0.3, 0.4) is 0 Å². The SMILES string of the molecule is O=C(O)C1CN(C(=O)Nc2cc(-c3cccc(F)c3)on2)CCO1. The van der Waals surface area contributed by atoms with E-state index < -0.39 is 23.9 Å². The molecular formula is C15H14FN3O5. The van der Waals surface area contributed by atoms with Crippen LogP contribution in [0, 0.1) is 5.82 Å². The Morgan fingerprint density at radius 3 is 2.96 bits per heavy atom. The maximum absolute atomic E-state index is 13.2. The summed E-state index contributed by atoms with van der Waals surface area (Å²) in [6, 6.07) is 6.72. The van der Waals surface area contributed by atoms with Gasteiger partial charge in [0.25, 0.3) is 0 Å². The second kappa shape index (κ2) is 6.67. The number of carbonyl (C=O) groups is 2. The molecule has 0 radical (unpaired) electrons. The Labute approximate surface area is 135 Å². The van der Waals surface area contributed by atoms with Crippen LogP contribution in [0.2, 0.25) is 0 Å². The van der Waals surface area contributed by atoms with Gasteiger partial charge in [-0.05, 0) is 12.1 Å². The highest BCUT2D eigenvalue weighted by atomic mass is 19.1. The molecule has 9 heteroatoms. The van der Waals surface area contributed by atoms with Crippen LogP contribution in [0.25, 0.3) is 11.3 Å². The molecular weight excluding hydrogens is 321 g/mol. The molecule has 1 fully saturated rings. The molecule has 2 amide bonds. The molecule has 24 heavy (non-hydrogen) atoms. The Morgan fingerprint density at radius 2 is 2.21 bits per heavy atom. The highest BCUT2D eigenvalue weighted by molar-refractivity contribution is 5.89. The Balaban J connectivity index is 1.66. The molecule has 2 N–H and O–H groups in total. The number of carboxylic acid groups (broad SMARTS) is 1. The first kappa shape index (κ1) is 15.9. The zero-order valence-corrected chi connectivity index (χ0v) is 12.4. The number of hydrogen-bond donors (Lipinski definition) is 2. The standard InChI is InChI=1S/C15H14FN3O5/c16-10-3-1-2-9(6-10)11-7-13(18-24-11)17-15(22)19-4-5-23-12(8-19)14(20)21/h1-3,6-7,12H,4-5,8H2,(H,20,21)(H,17,18,22). The number of aliphatic carboxylic acids is 1. The predicted octanol–water partition coefficient (Wildman–Crippen LogP) is 1.80. The molecule has 0 saturated carbocycles. The van der Waals surface area contributed by atoms with E-state index in [-0.39, 0.29) is 25.5 Å². The van der Waals surface area contributed by atoms with E-state index in [0.29, 0.717) is 11.3 Å². The average molecular weight is 335 g/mol. The minimum Gasteiger partial charge on any atom is -0.479 e. The predicted molar refractivity (Wildman–Crippen MR) is 79.9 cm³/mol. The van der Waals surface area contributed by atoms with Crippen LogP contribution in [-0.2, 0) is 9.53 Å². The third-order valence-corrected chi connectivity index (χ3v) is 3.48. The van der Waals surface area contributed by atoms with Crippen LogP contribution in [0.5, 0.6) is 0 Å². The fraction of sp³-hybridized carbons (Fsp3) is 0.267. The molecule has 2 aromatic rings. The number of carbonyl (C=O) groups excluding carboxylic acids is 1. The zero-order valence-electron chi connectivity index (χ0n) is 12.4. The molecule has 3 rings (SSSR count). The molecule has 1 atom stereocenters. The summed E-state index contributed by atoms with van der Waals surface area (Å²) in [6.45, 7) is 0.345. The Kier molecular flexibility index (Phi) is 4.43.